The second-order valence-electron chi connectivity index (χ2n) is 7.70. The second kappa shape index (κ2) is 8.26. The van der Waals surface area contributed by atoms with Gasteiger partial charge in [0.1, 0.15) is 5.82 Å². The predicted octanol–water partition coefficient (Wildman–Crippen LogP) is 4.74. The summed E-state index contributed by atoms with van der Waals surface area (Å²) in [5.41, 5.74) is 1.13. The fourth-order valence-electron chi connectivity index (χ4n) is 4.27. The Labute approximate surface area is 146 Å². The van der Waals surface area contributed by atoms with Crippen molar-refractivity contribution in [1.29, 1.82) is 0 Å². The molecule has 134 valence electrons. The van der Waals surface area contributed by atoms with E-state index in [4.69, 9.17) is 0 Å². The Morgan fingerprint density at radius 2 is 1.83 bits per heavy atom. The van der Waals surface area contributed by atoms with Crippen LogP contribution in [0.15, 0.2) is 29.8 Å². The van der Waals surface area contributed by atoms with Crippen LogP contribution < -0.4 is 0 Å². The van der Waals surface area contributed by atoms with Gasteiger partial charge in [-0.1, -0.05) is 44.4 Å². The molecule has 0 heterocycles. The average molecular weight is 333 g/mol. The van der Waals surface area contributed by atoms with Gasteiger partial charge in [0.25, 0.3) is 0 Å². The molecule has 24 heavy (non-hydrogen) atoms. The minimum Gasteiger partial charge on any atom is -0.385 e. The van der Waals surface area contributed by atoms with E-state index >= 15 is 0 Å². The summed E-state index contributed by atoms with van der Waals surface area (Å²) in [5.74, 6) is 0.221. The Kier molecular flexibility index (Phi) is 6.59. The molecule has 1 fully saturated rings. The number of aliphatic hydroxyl groups is 1. The highest BCUT2D eigenvalue weighted by atomic mass is 19.1. The lowest BCUT2D eigenvalue weighted by atomic mass is 9.67. The average Bonchev–Trinajstić information content (AvgIpc) is 2.56. The third-order valence-electron chi connectivity index (χ3n) is 5.50. The van der Waals surface area contributed by atoms with Crippen molar-refractivity contribution in [3.8, 4) is 0 Å². The normalized spacial score (nSPS) is 20.9. The Balaban J connectivity index is 2.34. The summed E-state index contributed by atoms with van der Waals surface area (Å²) >= 11 is 0. The zero-order valence-corrected chi connectivity index (χ0v) is 15.6. The van der Waals surface area contributed by atoms with Gasteiger partial charge in [0.05, 0.1) is 5.60 Å². The van der Waals surface area contributed by atoms with E-state index in [9.17, 15) is 9.50 Å². The van der Waals surface area contributed by atoms with Gasteiger partial charge >= 0.3 is 0 Å². The molecular formula is C21H32FNO. The lowest BCUT2D eigenvalue weighted by Crippen LogP contribution is -2.49. The van der Waals surface area contributed by atoms with Crippen molar-refractivity contribution in [2.75, 3.05) is 20.6 Å². The maximum atomic E-state index is 13.1. The summed E-state index contributed by atoms with van der Waals surface area (Å²) in [4.78, 5) is 2.14. The van der Waals surface area contributed by atoms with Crippen molar-refractivity contribution in [2.24, 2.45) is 11.8 Å². The summed E-state index contributed by atoms with van der Waals surface area (Å²) < 4.78 is 13.1. The standard InChI is InChI=1S/C21H32FNO/c1-16(14-18-10-12-20(22)13-11-18)21(24,17(2)15-23(3)4)19-8-6-5-7-9-19/h10-14,17,19,24H,5-9,15H2,1-4H3/b16-14+. The molecule has 1 N–H and O–H groups in total. The molecule has 1 aromatic carbocycles. The molecule has 0 spiro atoms. The van der Waals surface area contributed by atoms with E-state index in [-0.39, 0.29) is 11.7 Å². The van der Waals surface area contributed by atoms with Gasteiger partial charge in [0, 0.05) is 12.5 Å². The van der Waals surface area contributed by atoms with Gasteiger partial charge in [-0.2, -0.15) is 0 Å². The smallest absolute Gasteiger partial charge is 0.123 e. The van der Waals surface area contributed by atoms with Crippen LogP contribution in [0.3, 0.4) is 0 Å². The quantitative estimate of drug-likeness (QED) is 0.813. The van der Waals surface area contributed by atoms with Crippen molar-refractivity contribution < 1.29 is 9.50 Å². The predicted molar refractivity (Wildman–Crippen MR) is 99.3 cm³/mol. The third kappa shape index (κ3) is 4.46. The van der Waals surface area contributed by atoms with E-state index in [1.807, 2.05) is 13.0 Å². The highest BCUT2D eigenvalue weighted by molar-refractivity contribution is 5.54. The van der Waals surface area contributed by atoms with Crippen LogP contribution in [0.4, 0.5) is 4.39 Å². The van der Waals surface area contributed by atoms with Crippen LogP contribution in [-0.2, 0) is 0 Å². The monoisotopic (exact) mass is 333 g/mol. The minimum atomic E-state index is -0.806. The van der Waals surface area contributed by atoms with Crippen molar-refractivity contribution in [1.82, 2.24) is 4.90 Å². The molecule has 2 nitrogen and oxygen atoms in total. The van der Waals surface area contributed by atoms with Crippen molar-refractivity contribution in [2.45, 2.75) is 51.6 Å². The molecule has 0 amide bonds. The van der Waals surface area contributed by atoms with Crippen LogP contribution in [-0.4, -0.2) is 36.2 Å². The summed E-state index contributed by atoms with van der Waals surface area (Å²) in [6, 6.07) is 6.50. The van der Waals surface area contributed by atoms with E-state index in [1.165, 1.54) is 31.4 Å². The molecule has 1 saturated carbocycles. The first kappa shape index (κ1) is 19.1. The van der Waals surface area contributed by atoms with Crippen LogP contribution in [0.1, 0.15) is 51.5 Å². The van der Waals surface area contributed by atoms with E-state index in [1.54, 1.807) is 12.1 Å². The Hall–Kier alpha value is -1.19. The Morgan fingerprint density at radius 3 is 2.38 bits per heavy atom. The molecule has 0 saturated heterocycles. The number of rotatable bonds is 6. The molecule has 1 aromatic rings. The summed E-state index contributed by atoms with van der Waals surface area (Å²) in [6.45, 7) is 5.03. The molecule has 0 bridgehead atoms. The largest absolute Gasteiger partial charge is 0.385 e. The number of halogens is 1. The topological polar surface area (TPSA) is 23.5 Å². The molecule has 0 radical (unpaired) electrons. The van der Waals surface area contributed by atoms with Gasteiger partial charge in [-0.15, -0.1) is 0 Å². The molecule has 2 atom stereocenters. The summed E-state index contributed by atoms with van der Waals surface area (Å²) in [5, 5.41) is 11.8. The molecule has 2 rings (SSSR count). The highest BCUT2D eigenvalue weighted by Gasteiger charge is 2.43. The fraction of sp³-hybridized carbons (Fsp3) is 0.619. The maximum Gasteiger partial charge on any atom is 0.123 e. The van der Waals surface area contributed by atoms with E-state index < -0.39 is 5.60 Å². The van der Waals surface area contributed by atoms with Crippen LogP contribution in [0.5, 0.6) is 0 Å². The van der Waals surface area contributed by atoms with Crippen LogP contribution in [0, 0.1) is 17.7 Å². The van der Waals surface area contributed by atoms with Gasteiger partial charge in [0.2, 0.25) is 0 Å². The lowest BCUT2D eigenvalue weighted by molar-refractivity contribution is -0.0493. The fourth-order valence-corrected chi connectivity index (χ4v) is 4.27. The Morgan fingerprint density at radius 1 is 1.25 bits per heavy atom. The van der Waals surface area contributed by atoms with E-state index in [0.29, 0.717) is 5.92 Å². The molecule has 1 aliphatic carbocycles. The van der Waals surface area contributed by atoms with Crippen LogP contribution in [0.25, 0.3) is 6.08 Å². The van der Waals surface area contributed by atoms with E-state index in [0.717, 1.165) is 30.5 Å². The second-order valence-corrected chi connectivity index (χ2v) is 7.70. The SMILES string of the molecule is C/C(=C\c1ccc(F)cc1)C(O)(C(C)CN(C)C)C1CCCCC1. The molecule has 0 aliphatic heterocycles. The van der Waals surface area contributed by atoms with Crippen LogP contribution in [0.2, 0.25) is 0 Å². The Bertz CT molecular complexity index is 545. The lowest BCUT2D eigenvalue weighted by Gasteiger charge is -2.44. The first-order valence-corrected chi connectivity index (χ1v) is 9.15. The molecule has 0 aromatic heterocycles. The summed E-state index contributed by atoms with van der Waals surface area (Å²) in [7, 11) is 4.10. The third-order valence-corrected chi connectivity index (χ3v) is 5.50. The number of benzene rings is 1. The molecule has 1 aliphatic rings. The van der Waals surface area contributed by atoms with Gasteiger partial charge in [-0.25, -0.2) is 4.39 Å². The zero-order valence-electron chi connectivity index (χ0n) is 15.6. The number of hydrogen-bond donors (Lipinski definition) is 1. The van der Waals surface area contributed by atoms with Crippen molar-refractivity contribution in [3.05, 3.63) is 41.2 Å². The van der Waals surface area contributed by atoms with E-state index in [2.05, 4.69) is 25.9 Å². The highest BCUT2D eigenvalue weighted by Crippen LogP contribution is 2.42. The van der Waals surface area contributed by atoms with Crippen LogP contribution >= 0.6 is 0 Å². The van der Waals surface area contributed by atoms with Gasteiger partial charge < -0.3 is 10.0 Å². The molecular weight excluding hydrogens is 301 g/mol. The van der Waals surface area contributed by atoms with Gasteiger partial charge in [0.15, 0.2) is 0 Å². The number of nitrogens with zero attached hydrogens (tertiary/aromatic N) is 1. The minimum absolute atomic E-state index is 0.146. The van der Waals surface area contributed by atoms with Crippen molar-refractivity contribution >= 4 is 6.08 Å². The maximum absolute atomic E-state index is 13.1. The summed E-state index contributed by atoms with van der Waals surface area (Å²) in [6.07, 6.45) is 7.87. The van der Waals surface area contributed by atoms with Gasteiger partial charge in [-0.3, -0.25) is 0 Å². The molecule has 3 heteroatoms. The first-order chi connectivity index (χ1) is 11.3. The molecule has 2 unspecified atom stereocenters. The first-order valence-electron chi connectivity index (χ1n) is 9.15. The zero-order chi connectivity index (χ0) is 17.7. The van der Waals surface area contributed by atoms with Gasteiger partial charge in [-0.05, 0) is 63.0 Å². The van der Waals surface area contributed by atoms with Crippen molar-refractivity contribution in [3.63, 3.8) is 0 Å². The number of hydrogen-bond acceptors (Lipinski definition) is 2.